The number of hydrogen-bond acceptors (Lipinski definition) is 15. The number of ether oxygens (including phenoxy) is 6. The van der Waals surface area contributed by atoms with Crippen LogP contribution in [0.25, 0.3) is 0 Å². The molecule has 0 bridgehead atoms. The van der Waals surface area contributed by atoms with Crippen molar-refractivity contribution in [2.45, 2.75) is 43.2 Å². The van der Waals surface area contributed by atoms with Crippen LogP contribution >= 0.6 is 0 Å². The lowest BCUT2D eigenvalue weighted by molar-refractivity contribution is -0.277. The first-order valence-electron chi connectivity index (χ1n) is 15.0. The number of aliphatic hydroxyl groups is 4. The highest BCUT2D eigenvalue weighted by atomic mass is 16.7. The van der Waals surface area contributed by atoms with Gasteiger partial charge in [0, 0.05) is 5.92 Å². The van der Waals surface area contributed by atoms with Gasteiger partial charge >= 0.3 is 5.97 Å². The molecule has 3 aromatic rings. The summed E-state index contributed by atoms with van der Waals surface area (Å²) in [7, 11) is 2.82. The van der Waals surface area contributed by atoms with E-state index < -0.39 is 72.6 Å². The number of benzene rings is 3. The minimum atomic E-state index is -1.62. The first-order valence-corrected chi connectivity index (χ1v) is 15.0. The molecule has 2 fully saturated rings. The maximum atomic E-state index is 12.9. The summed E-state index contributed by atoms with van der Waals surface area (Å²) in [6.45, 7) is -0.504. The molecule has 0 amide bonds. The number of phenols is 4. The van der Waals surface area contributed by atoms with Gasteiger partial charge in [-0.3, -0.25) is 0 Å². The molecular formula is C33H38O15. The molecule has 2 aliphatic heterocycles. The Morgan fingerprint density at radius 1 is 0.833 bits per heavy atom. The molecule has 2 saturated heterocycles. The third-order valence-electron chi connectivity index (χ3n) is 8.55. The van der Waals surface area contributed by atoms with E-state index >= 15 is 0 Å². The van der Waals surface area contributed by atoms with Crippen molar-refractivity contribution in [2.75, 3.05) is 34.0 Å². The molecular weight excluding hydrogens is 636 g/mol. The topological polar surface area (TPSA) is 234 Å². The molecule has 8 atom stereocenters. The molecule has 8 N–H and O–H groups in total. The zero-order valence-electron chi connectivity index (χ0n) is 26.0. The van der Waals surface area contributed by atoms with Crippen LogP contribution in [0.15, 0.2) is 48.5 Å². The molecule has 260 valence electrons. The number of esters is 1. The predicted octanol–water partition coefficient (Wildman–Crippen LogP) is 1.11. The average molecular weight is 675 g/mol. The highest BCUT2D eigenvalue weighted by Crippen LogP contribution is 2.43. The Morgan fingerprint density at radius 2 is 1.54 bits per heavy atom. The van der Waals surface area contributed by atoms with E-state index in [9.17, 15) is 45.6 Å². The van der Waals surface area contributed by atoms with Gasteiger partial charge in [-0.2, -0.15) is 0 Å². The van der Waals surface area contributed by atoms with Crippen molar-refractivity contribution in [1.82, 2.24) is 0 Å². The van der Waals surface area contributed by atoms with Crippen molar-refractivity contribution in [3.8, 4) is 40.2 Å². The molecule has 0 aliphatic carbocycles. The summed E-state index contributed by atoms with van der Waals surface area (Å²) in [5, 5.41) is 79.5. The van der Waals surface area contributed by atoms with E-state index in [2.05, 4.69) is 0 Å². The van der Waals surface area contributed by atoms with Crippen molar-refractivity contribution in [2.24, 2.45) is 11.8 Å². The second kappa shape index (κ2) is 14.7. The van der Waals surface area contributed by atoms with Gasteiger partial charge in [-0.25, -0.2) is 4.79 Å². The minimum Gasteiger partial charge on any atom is -0.504 e. The van der Waals surface area contributed by atoms with Crippen molar-refractivity contribution >= 4 is 5.97 Å². The van der Waals surface area contributed by atoms with Gasteiger partial charge in [0.1, 0.15) is 24.4 Å². The standard InChI is InChI=1S/C33H38O15/c1-43-24-11-16(4-5-20(24)35)31-19(14-46-32(42)17-9-21(36)27(38)22(37)10-17)18(13-45-31)7-15-3-6-23(25(8-15)44-2)47-33-30(41)29(40)28(39)26(12-34)48-33/h3-6,8-11,18-19,26,28-31,33-41H,7,12-14H2,1-2H3/t18-,19+,26-,28-,29+,30-,31-,33-/m1/s1. The molecule has 15 nitrogen and oxygen atoms in total. The van der Waals surface area contributed by atoms with Crippen LogP contribution in [0, 0.1) is 11.8 Å². The molecule has 0 radical (unpaired) electrons. The van der Waals surface area contributed by atoms with E-state index in [1.54, 1.807) is 30.3 Å². The van der Waals surface area contributed by atoms with E-state index in [1.165, 1.54) is 20.3 Å². The van der Waals surface area contributed by atoms with Crippen LogP contribution < -0.4 is 14.2 Å². The van der Waals surface area contributed by atoms with Crippen molar-refractivity contribution in [3.63, 3.8) is 0 Å². The highest BCUT2D eigenvalue weighted by Gasteiger charge is 2.45. The zero-order chi connectivity index (χ0) is 34.7. The summed E-state index contributed by atoms with van der Waals surface area (Å²) in [5.74, 6) is -3.08. The molecule has 48 heavy (non-hydrogen) atoms. The molecule has 0 spiro atoms. The average Bonchev–Trinajstić information content (AvgIpc) is 3.48. The molecule has 2 heterocycles. The summed E-state index contributed by atoms with van der Waals surface area (Å²) < 4.78 is 33.8. The van der Waals surface area contributed by atoms with Crippen molar-refractivity contribution in [1.29, 1.82) is 0 Å². The number of aromatic hydroxyl groups is 4. The molecule has 3 aromatic carbocycles. The van der Waals surface area contributed by atoms with Gasteiger partial charge in [0.05, 0.1) is 45.7 Å². The molecule has 15 heteroatoms. The third kappa shape index (κ3) is 7.16. The lowest BCUT2D eigenvalue weighted by atomic mass is 9.84. The molecule has 0 unspecified atom stereocenters. The maximum Gasteiger partial charge on any atom is 0.338 e. The number of hydrogen-bond donors (Lipinski definition) is 8. The van der Waals surface area contributed by atoms with Gasteiger partial charge in [-0.05, 0) is 59.9 Å². The molecule has 2 aliphatic rings. The Bertz CT molecular complexity index is 1570. The number of carbonyl (C=O) groups excluding carboxylic acids is 1. The van der Waals surface area contributed by atoms with Gasteiger partial charge in [-0.1, -0.05) is 12.1 Å². The normalized spacial score (nSPS) is 27.0. The smallest absolute Gasteiger partial charge is 0.338 e. The van der Waals surface area contributed by atoms with Crippen LogP contribution in [0.5, 0.6) is 40.2 Å². The number of carbonyl (C=O) groups is 1. The molecule has 0 saturated carbocycles. The summed E-state index contributed by atoms with van der Waals surface area (Å²) in [6.07, 6.45) is -7.52. The van der Waals surface area contributed by atoms with Crippen LogP contribution in [-0.2, 0) is 20.6 Å². The Morgan fingerprint density at radius 3 is 2.21 bits per heavy atom. The van der Waals surface area contributed by atoms with E-state index in [0.717, 1.165) is 17.7 Å². The van der Waals surface area contributed by atoms with Gasteiger partial charge in [0.2, 0.25) is 6.29 Å². The third-order valence-corrected chi connectivity index (χ3v) is 8.55. The van der Waals surface area contributed by atoms with E-state index in [0.29, 0.717) is 12.0 Å². The number of rotatable bonds is 11. The lowest BCUT2D eigenvalue weighted by Gasteiger charge is -2.39. The van der Waals surface area contributed by atoms with Crippen LogP contribution in [0.3, 0.4) is 0 Å². The fraction of sp³-hybridized carbons (Fsp3) is 0.424. The van der Waals surface area contributed by atoms with Gasteiger partial charge < -0.3 is 69.3 Å². The fourth-order valence-electron chi connectivity index (χ4n) is 5.88. The Labute approximate surface area is 274 Å². The van der Waals surface area contributed by atoms with Gasteiger partial charge in [0.25, 0.3) is 0 Å². The predicted molar refractivity (Wildman–Crippen MR) is 163 cm³/mol. The van der Waals surface area contributed by atoms with Crippen LogP contribution in [0.1, 0.15) is 27.6 Å². The lowest BCUT2D eigenvalue weighted by Crippen LogP contribution is -2.60. The van der Waals surface area contributed by atoms with Crippen LogP contribution in [-0.4, -0.2) is 112 Å². The summed E-state index contributed by atoms with van der Waals surface area (Å²) in [4.78, 5) is 12.9. The largest absolute Gasteiger partial charge is 0.504 e. The highest BCUT2D eigenvalue weighted by molar-refractivity contribution is 5.91. The number of phenolic OH excluding ortho intramolecular Hbond substituents is 4. The van der Waals surface area contributed by atoms with Crippen molar-refractivity contribution in [3.05, 3.63) is 65.2 Å². The first-order chi connectivity index (χ1) is 22.9. The Kier molecular flexibility index (Phi) is 10.7. The molecule has 5 rings (SSSR count). The fourth-order valence-corrected chi connectivity index (χ4v) is 5.88. The van der Waals surface area contributed by atoms with E-state index in [-0.39, 0.29) is 47.7 Å². The minimum absolute atomic E-state index is 0.0659. The van der Waals surface area contributed by atoms with Crippen LogP contribution in [0.4, 0.5) is 0 Å². The quantitative estimate of drug-likeness (QED) is 0.105. The monoisotopic (exact) mass is 674 g/mol. The maximum absolute atomic E-state index is 12.9. The summed E-state index contributed by atoms with van der Waals surface area (Å²) >= 11 is 0. The van der Waals surface area contributed by atoms with Gasteiger partial charge in [0.15, 0.2) is 40.2 Å². The summed E-state index contributed by atoms with van der Waals surface area (Å²) in [6, 6.07) is 11.7. The van der Waals surface area contributed by atoms with E-state index in [1.807, 2.05) is 0 Å². The Hall–Kier alpha value is -4.51. The second-order valence-electron chi connectivity index (χ2n) is 11.6. The first kappa shape index (κ1) is 34.8. The number of aliphatic hydroxyl groups excluding tert-OH is 4. The van der Waals surface area contributed by atoms with Crippen LogP contribution in [0.2, 0.25) is 0 Å². The number of methoxy groups -OCH3 is 2. The SMILES string of the molecule is COc1cc([C@H]2OC[C@@H](Cc3ccc(O[C@@H]4O[C@H](CO)[C@@H](O)[C@H](O)[C@H]4O)c(OC)c3)[C@@H]2COC(=O)c2cc(O)c(O)c(O)c2)ccc1O. The Balaban J connectivity index is 1.36. The van der Waals surface area contributed by atoms with Crippen molar-refractivity contribution < 1.29 is 74.1 Å². The van der Waals surface area contributed by atoms with Gasteiger partial charge in [-0.15, -0.1) is 0 Å². The zero-order valence-corrected chi connectivity index (χ0v) is 26.0. The molecule has 0 aromatic heterocycles. The second-order valence-corrected chi connectivity index (χ2v) is 11.6. The summed E-state index contributed by atoms with van der Waals surface area (Å²) in [5.41, 5.74) is 1.25. The van der Waals surface area contributed by atoms with E-state index in [4.69, 9.17) is 28.4 Å².